The minimum atomic E-state index is -0.437. The Morgan fingerprint density at radius 1 is 0.852 bits per heavy atom. The second kappa shape index (κ2) is 8.11. The van der Waals surface area contributed by atoms with Gasteiger partial charge in [-0.2, -0.15) is 0 Å². The highest BCUT2D eigenvalue weighted by Crippen LogP contribution is 2.38. The van der Waals surface area contributed by atoms with E-state index in [0.717, 1.165) is 39.3 Å². The van der Waals surface area contributed by atoms with Gasteiger partial charge >= 0.3 is 0 Å². The van der Waals surface area contributed by atoms with Crippen molar-refractivity contribution < 1.29 is 14.4 Å². The number of benzene rings is 2. The molecule has 0 aromatic heterocycles. The lowest BCUT2D eigenvalue weighted by molar-refractivity contribution is -0.932. The van der Waals surface area contributed by atoms with Gasteiger partial charge in [-0.1, -0.05) is 60.7 Å². The van der Waals surface area contributed by atoms with E-state index in [1.54, 1.807) is 4.90 Å². The summed E-state index contributed by atoms with van der Waals surface area (Å²) >= 11 is 0. The number of quaternary nitrogens is 1. The SMILES string of the molecule is COC1(OC)C2CN(Cc3ccccc3)CC1C[NH+](Cc1ccccc1)C2. The van der Waals surface area contributed by atoms with Crippen LogP contribution < -0.4 is 4.90 Å². The highest BCUT2D eigenvalue weighted by molar-refractivity contribution is 5.15. The Morgan fingerprint density at radius 3 is 1.89 bits per heavy atom. The predicted octanol–water partition coefficient (Wildman–Crippen LogP) is 1.82. The molecule has 0 amide bonds. The first-order valence-corrected chi connectivity index (χ1v) is 9.97. The average Bonchev–Trinajstić information content (AvgIpc) is 2.69. The largest absolute Gasteiger partial charge is 0.352 e. The summed E-state index contributed by atoms with van der Waals surface area (Å²) in [4.78, 5) is 4.22. The molecule has 0 spiro atoms. The Hall–Kier alpha value is -1.72. The van der Waals surface area contributed by atoms with Crippen LogP contribution in [0, 0.1) is 11.8 Å². The van der Waals surface area contributed by atoms with Gasteiger partial charge in [0.2, 0.25) is 0 Å². The first kappa shape index (κ1) is 18.6. The van der Waals surface area contributed by atoms with Crippen LogP contribution in [0.1, 0.15) is 11.1 Å². The Bertz CT molecular complexity index is 646. The Balaban J connectivity index is 1.50. The molecule has 27 heavy (non-hydrogen) atoms. The fourth-order valence-electron chi connectivity index (χ4n) is 5.23. The van der Waals surface area contributed by atoms with Crippen molar-refractivity contribution in [2.45, 2.75) is 18.9 Å². The molecular formula is C23H31N2O2+. The maximum absolute atomic E-state index is 6.03. The third-order valence-corrected chi connectivity index (χ3v) is 6.35. The van der Waals surface area contributed by atoms with Gasteiger partial charge in [-0.3, -0.25) is 4.90 Å². The second-order valence-corrected chi connectivity index (χ2v) is 8.02. The van der Waals surface area contributed by atoms with Crippen molar-refractivity contribution in [1.29, 1.82) is 0 Å². The van der Waals surface area contributed by atoms with E-state index < -0.39 is 5.79 Å². The van der Waals surface area contributed by atoms with Gasteiger partial charge < -0.3 is 14.4 Å². The minimum absolute atomic E-state index is 0.377. The molecule has 2 bridgehead atoms. The average molecular weight is 368 g/mol. The van der Waals surface area contributed by atoms with Gasteiger partial charge in [0.15, 0.2) is 5.79 Å². The molecule has 0 aliphatic carbocycles. The highest BCUT2D eigenvalue weighted by atomic mass is 16.7. The van der Waals surface area contributed by atoms with Gasteiger partial charge in [0, 0.05) is 39.4 Å². The van der Waals surface area contributed by atoms with Crippen LogP contribution >= 0.6 is 0 Å². The predicted molar refractivity (Wildman–Crippen MR) is 106 cm³/mol. The Labute approximate surface area is 162 Å². The van der Waals surface area contributed by atoms with Crippen LogP contribution in [0.5, 0.6) is 0 Å². The van der Waals surface area contributed by atoms with E-state index in [-0.39, 0.29) is 0 Å². The summed E-state index contributed by atoms with van der Waals surface area (Å²) in [6.07, 6.45) is 0. The number of nitrogens with zero attached hydrogens (tertiary/aromatic N) is 1. The highest BCUT2D eigenvalue weighted by Gasteiger charge is 2.56. The van der Waals surface area contributed by atoms with Crippen LogP contribution in [0.25, 0.3) is 0 Å². The Morgan fingerprint density at radius 2 is 1.37 bits per heavy atom. The van der Waals surface area contributed by atoms with E-state index >= 15 is 0 Å². The van der Waals surface area contributed by atoms with Gasteiger partial charge in [-0.25, -0.2) is 0 Å². The molecule has 0 radical (unpaired) electrons. The summed E-state index contributed by atoms with van der Waals surface area (Å²) < 4.78 is 12.1. The molecule has 2 saturated heterocycles. The van der Waals surface area contributed by atoms with Gasteiger partial charge in [0.25, 0.3) is 0 Å². The second-order valence-electron chi connectivity index (χ2n) is 8.02. The molecular weight excluding hydrogens is 336 g/mol. The van der Waals surface area contributed by atoms with Gasteiger partial charge in [-0.05, 0) is 5.56 Å². The van der Waals surface area contributed by atoms with E-state index in [9.17, 15) is 0 Å². The number of ether oxygens (including phenoxy) is 2. The van der Waals surface area contributed by atoms with Crippen LogP contribution in [0.2, 0.25) is 0 Å². The van der Waals surface area contributed by atoms with Crippen molar-refractivity contribution in [2.75, 3.05) is 40.4 Å². The topological polar surface area (TPSA) is 26.1 Å². The van der Waals surface area contributed by atoms with Crippen molar-refractivity contribution in [3.8, 4) is 0 Å². The van der Waals surface area contributed by atoms with Crippen molar-refractivity contribution in [3.63, 3.8) is 0 Å². The summed E-state index contributed by atoms with van der Waals surface area (Å²) in [5.41, 5.74) is 2.79. The smallest absolute Gasteiger partial charge is 0.186 e. The number of hydrogen-bond acceptors (Lipinski definition) is 3. The zero-order valence-corrected chi connectivity index (χ0v) is 16.4. The molecule has 2 heterocycles. The summed E-state index contributed by atoms with van der Waals surface area (Å²) in [7, 11) is 3.64. The molecule has 4 heteroatoms. The van der Waals surface area contributed by atoms with Crippen molar-refractivity contribution in [2.24, 2.45) is 11.8 Å². The van der Waals surface area contributed by atoms with E-state index in [1.807, 2.05) is 14.2 Å². The lowest BCUT2D eigenvalue weighted by atomic mass is 9.77. The summed E-state index contributed by atoms with van der Waals surface area (Å²) in [6.45, 7) is 6.29. The standard InChI is InChI=1S/C23H30N2O2/c1-26-23(27-2)21-15-24(13-19-9-5-3-6-10-19)16-22(23)18-25(17-21)14-20-11-7-4-8-12-20/h3-12,21-22H,13-18H2,1-2H3/p+1. The summed E-state index contributed by atoms with van der Waals surface area (Å²) in [5.74, 6) is 0.317. The summed E-state index contributed by atoms with van der Waals surface area (Å²) in [5, 5.41) is 0. The van der Waals surface area contributed by atoms with E-state index in [2.05, 4.69) is 65.6 Å². The van der Waals surface area contributed by atoms with Crippen LogP contribution in [0.4, 0.5) is 0 Å². The number of piperidine rings is 2. The first-order chi connectivity index (χ1) is 13.2. The van der Waals surface area contributed by atoms with E-state index in [4.69, 9.17) is 9.47 Å². The lowest BCUT2D eigenvalue weighted by Gasteiger charge is -2.54. The van der Waals surface area contributed by atoms with Gasteiger partial charge in [0.1, 0.15) is 6.54 Å². The molecule has 4 nitrogen and oxygen atoms in total. The monoisotopic (exact) mass is 367 g/mol. The fraction of sp³-hybridized carbons (Fsp3) is 0.478. The molecule has 2 atom stereocenters. The van der Waals surface area contributed by atoms with E-state index in [1.165, 1.54) is 11.1 Å². The van der Waals surface area contributed by atoms with Crippen LogP contribution in [-0.4, -0.2) is 51.1 Å². The minimum Gasteiger partial charge on any atom is -0.352 e. The van der Waals surface area contributed by atoms with Gasteiger partial charge in [0.05, 0.1) is 24.9 Å². The number of nitrogens with one attached hydrogen (secondary N) is 1. The van der Waals surface area contributed by atoms with Crippen LogP contribution in [0.15, 0.2) is 60.7 Å². The molecule has 2 aromatic carbocycles. The number of methoxy groups -OCH3 is 2. The zero-order chi connectivity index (χ0) is 18.7. The molecule has 0 saturated carbocycles. The lowest BCUT2D eigenvalue weighted by Crippen LogP contribution is -3.15. The number of hydrogen-bond donors (Lipinski definition) is 1. The van der Waals surface area contributed by atoms with Gasteiger partial charge in [-0.15, -0.1) is 0 Å². The number of likely N-dealkylation sites (tertiary alicyclic amines) is 2. The third-order valence-electron chi connectivity index (χ3n) is 6.35. The fourth-order valence-corrected chi connectivity index (χ4v) is 5.23. The molecule has 144 valence electrons. The third kappa shape index (κ3) is 3.81. The molecule has 2 aromatic rings. The molecule has 2 aliphatic heterocycles. The Kier molecular flexibility index (Phi) is 5.60. The van der Waals surface area contributed by atoms with Crippen LogP contribution in [0.3, 0.4) is 0 Å². The van der Waals surface area contributed by atoms with Crippen molar-refractivity contribution in [1.82, 2.24) is 4.90 Å². The molecule has 2 unspecified atom stereocenters. The van der Waals surface area contributed by atoms with Crippen molar-refractivity contribution >= 4 is 0 Å². The van der Waals surface area contributed by atoms with Crippen molar-refractivity contribution in [3.05, 3.63) is 71.8 Å². The maximum Gasteiger partial charge on any atom is 0.186 e. The molecule has 4 rings (SSSR count). The van der Waals surface area contributed by atoms with Crippen LogP contribution in [-0.2, 0) is 22.6 Å². The quantitative estimate of drug-likeness (QED) is 0.789. The van der Waals surface area contributed by atoms with E-state index in [0.29, 0.717) is 11.8 Å². The molecule has 1 N–H and O–H groups in total. The first-order valence-electron chi connectivity index (χ1n) is 9.97. The normalized spacial score (nSPS) is 27.4. The number of fused-ring (bicyclic) bond motifs is 2. The molecule has 2 aliphatic rings. The summed E-state index contributed by atoms with van der Waals surface area (Å²) in [6, 6.07) is 21.6. The zero-order valence-electron chi connectivity index (χ0n) is 16.4. The number of rotatable bonds is 6. The molecule has 2 fully saturated rings. The maximum atomic E-state index is 6.03.